The van der Waals surface area contributed by atoms with Crippen LogP contribution in [0.25, 0.3) is 24.3 Å². The van der Waals surface area contributed by atoms with E-state index in [1.54, 1.807) is 18.2 Å². The third kappa shape index (κ3) is 5.89. The fourth-order valence-electron chi connectivity index (χ4n) is 2.86. The second-order valence-electron chi connectivity index (χ2n) is 6.62. The van der Waals surface area contributed by atoms with Gasteiger partial charge in [0.2, 0.25) is 0 Å². The largest absolute Gasteiger partial charge is 0.399 e. The van der Waals surface area contributed by atoms with E-state index in [4.69, 9.17) is 5.73 Å². The standard InChI is InChI=1S/C22H19NO6S2/c23-20-13-12-19(22(15-20)31(27,28)29)11-10-18-9-8-17(14-21(18)30(24,25)26)7-6-16-4-2-1-3-5-16/h1-15H,23H2,(H,24,25,26)(H,27,28,29). The van der Waals surface area contributed by atoms with Gasteiger partial charge in [0.1, 0.15) is 9.79 Å². The van der Waals surface area contributed by atoms with Gasteiger partial charge in [0, 0.05) is 5.69 Å². The molecule has 0 saturated carbocycles. The van der Waals surface area contributed by atoms with Gasteiger partial charge in [0.05, 0.1) is 0 Å². The van der Waals surface area contributed by atoms with Crippen LogP contribution in [0.3, 0.4) is 0 Å². The summed E-state index contributed by atoms with van der Waals surface area (Å²) < 4.78 is 66.1. The molecule has 0 atom stereocenters. The summed E-state index contributed by atoms with van der Waals surface area (Å²) in [6.07, 6.45) is 6.14. The number of rotatable bonds is 6. The first-order chi connectivity index (χ1) is 14.5. The molecule has 0 unspecified atom stereocenters. The zero-order chi connectivity index (χ0) is 22.6. The average molecular weight is 458 g/mol. The summed E-state index contributed by atoms with van der Waals surface area (Å²) in [5, 5.41) is 0. The molecule has 0 fully saturated rings. The first kappa shape index (κ1) is 22.4. The Balaban J connectivity index is 2.02. The molecule has 9 heteroatoms. The van der Waals surface area contributed by atoms with Gasteiger partial charge in [0.15, 0.2) is 0 Å². The zero-order valence-electron chi connectivity index (χ0n) is 16.1. The number of nitrogen functional groups attached to an aromatic ring is 1. The maximum absolute atomic E-state index is 11.9. The lowest BCUT2D eigenvalue weighted by atomic mass is 10.1. The van der Waals surface area contributed by atoms with Crippen LogP contribution in [0.15, 0.2) is 76.5 Å². The van der Waals surface area contributed by atoms with E-state index in [1.165, 1.54) is 36.4 Å². The van der Waals surface area contributed by atoms with Crippen LogP contribution in [0.1, 0.15) is 22.3 Å². The van der Waals surface area contributed by atoms with Crippen LogP contribution < -0.4 is 5.73 Å². The molecule has 0 heterocycles. The highest BCUT2D eigenvalue weighted by atomic mass is 32.2. The van der Waals surface area contributed by atoms with Gasteiger partial charge < -0.3 is 5.73 Å². The van der Waals surface area contributed by atoms with Crippen LogP contribution in [0, 0.1) is 0 Å². The number of anilines is 1. The van der Waals surface area contributed by atoms with Crippen molar-refractivity contribution in [3.63, 3.8) is 0 Å². The minimum absolute atomic E-state index is 0.103. The van der Waals surface area contributed by atoms with Crippen LogP contribution in [-0.4, -0.2) is 25.9 Å². The molecule has 0 aliphatic heterocycles. The summed E-state index contributed by atoms with van der Waals surface area (Å²) >= 11 is 0. The third-order valence-electron chi connectivity index (χ3n) is 4.34. The van der Waals surface area contributed by atoms with E-state index in [0.29, 0.717) is 5.56 Å². The minimum Gasteiger partial charge on any atom is -0.399 e. The number of hydrogen-bond acceptors (Lipinski definition) is 5. The van der Waals surface area contributed by atoms with E-state index in [2.05, 4.69) is 0 Å². The smallest absolute Gasteiger partial charge is 0.295 e. The molecular formula is C22H19NO6S2. The normalized spacial score (nSPS) is 12.6. The van der Waals surface area contributed by atoms with Crippen molar-refractivity contribution >= 4 is 50.2 Å². The molecule has 0 aromatic heterocycles. The molecule has 4 N–H and O–H groups in total. The Morgan fingerprint density at radius 1 is 0.613 bits per heavy atom. The molecule has 3 aromatic carbocycles. The highest BCUT2D eigenvalue weighted by Crippen LogP contribution is 2.25. The molecule has 0 radical (unpaired) electrons. The summed E-state index contributed by atoms with van der Waals surface area (Å²) in [7, 11) is -9.11. The van der Waals surface area contributed by atoms with Crippen molar-refractivity contribution in [2.75, 3.05) is 5.73 Å². The lowest BCUT2D eigenvalue weighted by Crippen LogP contribution is -2.03. The van der Waals surface area contributed by atoms with Crippen molar-refractivity contribution in [2.24, 2.45) is 0 Å². The third-order valence-corrected chi connectivity index (χ3v) is 6.16. The Hall–Kier alpha value is -3.24. The second-order valence-corrected chi connectivity index (χ2v) is 9.40. The topological polar surface area (TPSA) is 135 Å². The molecule has 7 nitrogen and oxygen atoms in total. The monoisotopic (exact) mass is 457 g/mol. The molecule has 0 spiro atoms. The Morgan fingerprint density at radius 2 is 1.13 bits per heavy atom. The molecule has 0 amide bonds. The SMILES string of the molecule is Nc1ccc(C=Cc2ccc(C=Cc3ccccc3)cc2S(=O)(=O)O)c(S(=O)(=O)O)c1. The fourth-order valence-corrected chi connectivity index (χ4v) is 4.30. The van der Waals surface area contributed by atoms with Crippen molar-refractivity contribution in [3.05, 3.63) is 89.0 Å². The van der Waals surface area contributed by atoms with E-state index < -0.39 is 25.1 Å². The average Bonchev–Trinajstić information content (AvgIpc) is 2.71. The highest BCUT2D eigenvalue weighted by Gasteiger charge is 2.16. The summed E-state index contributed by atoms with van der Waals surface area (Å²) in [6, 6.07) is 17.7. The lowest BCUT2D eigenvalue weighted by Gasteiger charge is -2.07. The van der Waals surface area contributed by atoms with E-state index in [0.717, 1.165) is 11.6 Å². The number of hydrogen-bond donors (Lipinski definition) is 3. The second kappa shape index (κ2) is 8.86. The van der Waals surface area contributed by atoms with Gasteiger partial charge in [0.25, 0.3) is 20.2 Å². The Kier molecular flexibility index (Phi) is 6.42. The highest BCUT2D eigenvalue weighted by molar-refractivity contribution is 7.86. The zero-order valence-corrected chi connectivity index (χ0v) is 17.7. The molecule has 0 bridgehead atoms. The summed E-state index contributed by atoms with van der Waals surface area (Å²) in [5.74, 6) is 0. The first-order valence-corrected chi connectivity index (χ1v) is 11.8. The maximum Gasteiger partial charge on any atom is 0.295 e. The number of benzene rings is 3. The van der Waals surface area contributed by atoms with Gasteiger partial charge in [-0.15, -0.1) is 0 Å². The van der Waals surface area contributed by atoms with Gasteiger partial charge in [-0.3, -0.25) is 9.11 Å². The van der Waals surface area contributed by atoms with Gasteiger partial charge in [-0.1, -0.05) is 72.8 Å². The molecule has 0 aliphatic rings. The Labute approximate surface area is 180 Å². The predicted octanol–water partition coefficient (Wildman–Crippen LogP) is 4.10. The molecule has 3 rings (SSSR count). The van der Waals surface area contributed by atoms with E-state index >= 15 is 0 Å². The van der Waals surface area contributed by atoms with Crippen molar-refractivity contribution in [1.29, 1.82) is 0 Å². The predicted molar refractivity (Wildman–Crippen MR) is 121 cm³/mol. The van der Waals surface area contributed by atoms with Crippen molar-refractivity contribution in [3.8, 4) is 0 Å². The fraction of sp³-hybridized carbons (Fsp3) is 0. The summed E-state index contributed by atoms with van der Waals surface area (Å²) in [6.45, 7) is 0. The maximum atomic E-state index is 11.9. The quantitative estimate of drug-likeness (QED) is 0.288. The van der Waals surface area contributed by atoms with E-state index in [9.17, 15) is 25.9 Å². The van der Waals surface area contributed by atoms with Crippen LogP contribution in [-0.2, 0) is 20.2 Å². The molecule has 160 valence electrons. The minimum atomic E-state index is -4.56. The van der Waals surface area contributed by atoms with Crippen LogP contribution in [0.2, 0.25) is 0 Å². The Morgan fingerprint density at radius 3 is 1.71 bits per heavy atom. The molecule has 3 aromatic rings. The van der Waals surface area contributed by atoms with E-state index in [1.807, 2.05) is 30.3 Å². The van der Waals surface area contributed by atoms with Crippen LogP contribution in [0.4, 0.5) is 5.69 Å². The van der Waals surface area contributed by atoms with Gasteiger partial charge >= 0.3 is 0 Å². The number of nitrogens with two attached hydrogens (primary N) is 1. The first-order valence-electron chi connectivity index (χ1n) is 8.94. The molecule has 31 heavy (non-hydrogen) atoms. The van der Waals surface area contributed by atoms with Crippen LogP contribution in [0.5, 0.6) is 0 Å². The summed E-state index contributed by atoms with van der Waals surface area (Å²) in [5.41, 5.74) is 7.42. The van der Waals surface area contributed by atoms with Crippen molar-refractivity contribution < 1.29 is 25.9 Å². The van der Waals surface area contributed by atoms with E-state index in [-0.39, 0.29) is 21.7 Å². The molecule has 0 saturated heterocycles. The van der Waals surface area contributed by atoms with Gasteiger partial charge in [-0.05, 0) is 40.5 Å². The van der Waals surface area contributed by atoms with Crippen molar-refractivity contribution in [1.82, 2.24) is 0 Å². The summed E-state index contributed by atoms with van der Waals surface area (Å²) in [4.78, 5) is -0.762. The van der Waals surface area contributed by atoms with Crippen molar-refractivity contribution in [2.45, 2.75) is 9.79 Å². The molecule has 0 aliphatic carbocycles. The lowest BCUT2D eigenvalue weighted by molar-refractivity contribution is 0.480. The van der Waals surface area contributed by atoms with Gasteiger partial charge in [-0.2, -0.15) is 16.8 Å². The van der Waals surface area contributed by atoms with Gasteiger partial charge in [-0.25, -0.2) is 0 Å². The van der Waals surface area contributed by atoms with Crippen LogP contribution >= 0.6 is 0 Å². The molecular weight excluding hydrogens is 438 g/mol. The Bertz CT molecular complexity index is 1380.